The Bertz CT molecular complexity index is 1110. The molecule has 0 unspecified atom stereocenters. The maximum atomic E-state index is 13.3. The number of pyridine rings is 1. The highest BCUT2D eigenvalue weighted by atomic mass is 16.5. The van der Waals surface area contributed by atoms with Gasteiger partial charge in [0.2, 0.25) is 0 Å². The number of nitrogens with zero attached hydrogens (tertiary/aromatic N) is 2. The van der Waals surface area contributed by atoms with E-state index in [2.05, 4.69) is 12.2 Å². The average molecular weight is 436 g/mol. The van der Waals surface area contributed by atoms with Crippen LogP contribution in [-0.2, 0) is 0 Å². The van der Waals surface area contributed by atoms with Crippen LogP contribution in [0.2, 0.25) is 0 Å². The fraction of sp³-hybridized carbons (Fsp3) is 0.360. The topological polar surface area (TPSA) is 72.9 Å². The van der Waals surface area contributed by atoms with Crippen molar-refractivity contribution in [3.63, 3.8) is 0 Å². The molecular formula is C25H29N3O4. The molecule has 1 saturated heterocycles. The van der Waals surface area contributed by atoms with Crippen LogP contribution < -0.4 is 19.5 Å². The van der Waals surface area contributed by atoms with Crippen LogP contribution in [0, 0.1) is 5.92 Å². The number of benzene rings is 2. The minimum Gasteiger partial charge on any atom is -0.497 e. The lowest BCUT2D eigenvalue weighted by Gasteiger charge is -2.30. The molecular weight excluding hydrogens is 406 g/mol. The number of rotatable bonds is 6. The lowest BCUT2D eigenvalue weighted by atomic mass is 10.00. The molecule has 4 rings (SSSR count). The first-order chi connectivity index (χ1) is 15.5. The van der Waals surface area contributed by atoms with Gasteiger partial charge in [-0.05, 0) is 55.2 Å². The molecule has 1 aliphatic heterocycles. The number of nitrogens with one attached hydrogen (secondary N) is 1. The smallest absolute Gasteiger partial charge is 0.272 e. The van der Waals surface area contributed by atoms with Crippen molar-refractivity contribution in [2.75, 3.05) is 39.7 Å². The van der Waals surface area contributed by atoms with Gasteiger partial charge >= 0.3 is 0 Å². The number of hydrogen-bond donors (Lipinski definition) is 1. The van der Waals surface area contributed by atoms with Crippen LogP contribution >= 0.6 is 0 Å². The minimum absolute atomic E-state index is 0.0500. The summed E-state index contributed by atoms with van der Waals surface area (Å²) in [4.78, 5) is 19.9. The van der Waals surface area contributed by atoms with E-state index in [1.54, 1.807) is 21.3 Å². The summed E-state index contributed by atoms with van der Waals surface area (Å²) < 4.78 is 16.2. The molecule has 2 aromatic carbocycles. The second-order valence-electron chi connectivity index (χ2n) is 8.13. The summed E-state index contributed by atoms with van der Waals surface area (Å²) in [7, 11) is 4.82. The molecule has 1 N–H and O–H groups in total. The predicted octanol–water partition coefficient (Wildman–Crippen LogP) is 4.88. The zero-order valence-electron chi connectivity index (χ0n) is 19.0. The van der Waals surface area contributed by atoms with Gasteiger partial charge in [0.25, 0.3) is 5.91 Å². The van der Waals surface area contributed by atoms with Crippen molar-refractivity contribution >= 4 is 28.2 Å². The Morgan fingerprint density at radius 1 is 1.03 bits per heavy atom. The first-order valence-electron chi connectivity index (χ1n) is 10.8. The molecule has 1 amide bonds. The van der Waals surface area contributed by atoms with Gasteiger partial charge in [0.15, 0.2) is 11.5 Å². The fourth-order valence-corrected chi connectivity index (χ4v) is 4.13. The van der Waals surface area contributed by atoms with Crippen molar-refractivity contribution in [3.8, 4) is 17.2 Å². The van der Waals surface area contributed by atoms with Gasteiger partial charge in [-0.15, -0.1) is 0 Å². The first-order valence-corrected chi connectivity index (χ1v) is 10.8. The van der Waals surface area contributed by atoms with Gasteiger partial charge in [-0.3, -0.25) is 4.79 Å². The van der Waals surface area contributed by atoms with Crippen molar-refractivity contribution in [2.24, 2.45) is 5.92 Å². The van der Waals surface area contributed by atoms with Crippen molar-refractivity contribution < 1.29 is 19.0 Å². The summed E-state index contributed by atoms with van der Waals surface area (Å²) in [6.07, 6.45) is 2.17. The Morgan fingerprint density at radius 2 is 1.75 bits per heavy atom. The molecule has 0 spiro atoms. The number of hydrogen-bond acceptors (Lipinski definition) is 6. The number of likely N-dealkylation sites (tertiary alicyclic amines) is 1. The van der Waals surface area contributed by atoms with E-state index in [1.165, 1.54) is 0 Å². The number of ether oxygens (including phenoxy) is 3. The van der Waals surface area contributed by atoms with Crippen molar-refractivity contribution in [2.45, 2.75) is 19.8 Å². The average Bonchev–Trinajstić information content (AvgIpc) is 2.83. The van der Waals surface area contributed by atoms with Crippen LogP contribution in [0.25, 0.3) is 10.9 Å². The van der Waals surface area contributed by atoms with Crippen molar-refractivity contribution in [1.29, 1.82) is 0 Å². The molecule has 7 nitrogen and oxygen atoms in total. The third kappa shape index (κ3) is 4.42. The molecule has 0 bridgehead atoms. The summed E-state index contributed by atoms with van der Waals surface area (Å²) in [6, 6.07) is 13.1. The normalized spacial score (nSPS) is 16.0. The van der Waals surface area contributed by atoms with E-state index in [1.807, 2.05) is 47.4 Å². The van der Waals surface area contributed by atoms with Gasteiger partial charge in [-0.25, -0.2) is 4.98 Å². The van der Waals surface area contributed by atoms with E-state index in [0.29, 0.717) is 28.6 Å². The largest absolute Gasteiger partial charge is 0.497 e. The van der Waals surface area contributed by atoms with E-state index >= 15 is 0 Å². The molecule has 1 atom stereocenters. The molecule has 0 saturated carbocycles. The summed E-state index contributed by atoms with van der Waals surface area (Å²) in [5.74, 6) is 2.39. The lowest BCUT2D eigenvalue weighted by Crippen LogP contribution is -2.39. The van der Waals surface area contributed by atoms with Crippen LogP contribution in [0.5, 0.6) is 17.2 Å². The highest BCUT2D eigenvalue weighted by Crippen LogP contribution is 2.36. The van der Waals surface area contributed by atoms with Crippen molar-refractivity contribution in [1.82, 2.24) is 9.88 Å². The zero-order chi connectivity index (χ0) is 22.7. The molecule has 1 aromatic heterocycles. The predicted molar refractivity (Wildman–Crippen MR) is 125 cm³/mol. The third-order valence-corrected chi connectivity index (χ3v) is 5.85. The van der Waals surface area contributed by atoms with Gasteiger partial charge in [0.1, 0.15) is 11.4 Å². The van der Waals surface area contributed by atoms with Crippen LogP contribution in [0.15, 0.2) is 42.5 Å². The summed E-state index contributed by atoms with van der Waals surface area (Å²) in [5, 5.41) is 4.27. The Kier molecular flexibility index (Phi) is 6.35. The number of fused-ring (bicyclic) bond motifs is 1. The lowest BCUT2D eigenvalue weighted by molar-refractivity contribution is 0.0677. The zero-order valence-corrected chi connectivity index (χ0v) is 19.0. The highest BCUT2D eigenvalue weighted by Gasteiger charge is 2.24. The third-order valence-electron chi connectivity index (χ3n) is 5.85. The standard InChI is InChI=1S/C25H29N3O4/c1-16-6-5-11-28(15-16)25(29)22-13-20(26-17-7-9-18(30-2)10-8-17)19-12-23(31-3)24(32-4)14-21(19)27-22/h7-10,12-14,16H,5-6,11,15H2,1-4H3,(H,26,27)/t16-/m1/s1. The van der Waals surface area contributed by atoms with Gasteiger partial charge in [-0.2, -0.15) is 0 Å². The summed E-state index contributed by atoms with van der Waals surface area (Å²) in [6.45, 7) is 3.70. The molecule has 7 heteroatoms. The second kappa shape index (κ2) is 9.34. The molecule has 0 aliphatic carbocycles. The quantitative estimate of drug-likeness (QED) is 0.595. The number of amides is 1. The van der Waals surface area contributed by atoms with Gasteiger partial charge in [0.05, 0.1) is 32.5 Å². The van der Waals surface area contributed by atoms with Crippen LogP contribution in [-0.4, -0.2) is 50.2 Å². The Balaban J connectivity index is 1.79. The van der Waals surface area contributed by atoms with Crippen LogP contribution in [0.4, 0.5) is 11.4 Å². The molecule has 1 aliphatic rings. The monoisotopic (exact) mass is 435 g/mol. The summed E-state index contributed by atoms with van der Waals surface area (Å²) in [5.41, 5.74) is 2.72. The molecule has 168 valence electrons. The SMILES string of the molecule is COc1ccc(Nc2cc(C(=O)N3CCC[C@@H](C)C3)nc3cc(OC)c(OC)cc23)cc1. The Hall–Kier alpha value is -3.48. The highest BCUT2D eigenvalue weighted by molar-refractivity contribution is 6.01. The number of carbonyl (C=O) groups is 1. The number of methoxy groups -OCH3 is 3. The van der Waals surface area contributed by atoms with E-state index < -0.39 is 0 Å². The number of anilines is 2. The van der Waals surface area contributed by atoms with E-state index in [9.17, 15) is 4.79 Å². The van der Waals surface area contributed by atoms with Gasteiger partial charge < -0.3 is 24.4 Å². The van der Waals surface area contributed by atoms with Crippen LogP contribution in [0.1, 0.15) is 30.3 Å². The van der Waals surface area contributed by atoms with Gasteiger partial charge in [0, 0.05) is 30.2 Å². The molecule has 3 aromatic rings. The maximum Gasteiger partial charge on any atom is 0.272 e. The van der Waals surface area contributed by atoms with Crippen LogP contribution in [0.3, 0.4) is 0 Å². The Morgan fingerprint density at radius 3 is 2.41 bits per heavy atom. The second-order valence-corrected chi connectivity index (χ2v) is 8.13. The van der Waals surface area contributed by atoms with E-state index in [-0.39, 0.29) is 5.91 Å². The summed E-state index contributed by atoms with van der Waals surface area (Å²) >= 11 is 0. The number of piperidine rings is 1. The number of carbonyl (C=O) groups excluding carboxylic acids is 1. The minimum atomic E-state index is -0.0500. The maximum absolute atomic E-state index is 13.3. The molecule has 2 heterocycles. The van der Waals surface area contributed by atoms with E-state index in [0.717, 1.165) is 48.4 Å². The van der Waals surface area contributed by atoms with E-state index in [4.69, 9.17) is 19.2 Å². The van der Waals surface area contributed by atoms with Gasteiger partial charge in [-0.1, -0.05) is 6.92 Å². The molecule has 1 fully saturated rings. The Labute approximate surface area is 188 Å². The fourth-order valence-electron chi connectivity index (χ4n) is 4.13. The number of aromatic nitrogens is 1. The molecule has 0 radical (unpaired) electrons. The molecule has 32 heavy (non-hydrogen) atoms. The first kappa shape index (κ1) is 21.7. The van der Waals surface area contributed by atoms with Crippen molar-refractivity contribution in [3.05, 3.63) is 48.2 Å².